The highest BCUT2D eigenvalue weighted by Crippen LogP contribution is 2.52. The van der Waals surface area contributed by atoms with Gasteiger partial charge in [0.05, 0.1) is 6.61 Å². The fourth-order valence-electron chi connectivity index (χ4n) is 4.07. The molecule has 1 amide bonds. The van der Waals surface area contributed by atoms with Crippen molar-refractivity contribution < 1.29 is 18.7 Å². The molecular formula is C18H16FNO3. The van der Waals surface area contributed by atoms with Crippen LogP contribution in [0.5, 0.6) is 11.5 Å². The lowest BCUT2D eigenvalue weighted by Gasteiger charge is -2.25. The van der Waals surface area contributed by atoms with E-state index in [1.54, 1.807) is 12.2 Å². The minimum Gasteiger partial charge on any atom is -0.493 e. The van der Waals surface area contributed by atoms with Crippen molar-refractivity contribution in [3.8, 4) is 11.5 Å². The van der Waals surface area contributed by atoms with Gasteiger partial charge in [-0.05, 0) is 30.2 Å². The maximum absolute atomic E-state index is 14.3. The van der Waals surface area contributed by atoms with Crippen molar-refractivity contribution >= 4 is 5.91 Å². The van der Waals surface area contributed by atoms with E-state index in [4.69, 9.17) is 9.47 Å². The monoisotopic (exact) mass is 313 g/mol. The molecule has 0 radical (unpaired) electrons. The van der Waals surface area contributed by atoms with Gasteiger partial charge in [-0.25, -0.2) is 4.39 Å². The summed E-state index contributed by atoms with van der Waals surface area (Å²) in [6, 6.07) is 3.90. The normalized spacial score (nSPS) is 33.2. The van der Waals surface area contributed by atoms with Gasteiger partial charge in [0, 0.05) is 30.2 Å². The second-order valence-electron chi connectivity index (χ2n) is 6.88. The average Bonchev–Trinajstić information content (AvgIpc) is 3.15. The molecule has 0 fully saturated rings. The standard InChI is InChI=1S/C18H16FNO3/c1-17(19)4-2-11-13(8-17)20-16(21)18(11)9-23-15-7-14-10(3-5-22-14)6-12(15)18/h2,4,6-7H,3,5,8-9H2,1H3,(H,20,21). The second-order valence-corrected chi connectivity index (χ2v) is 6.88. The van der Waals surface area contributed by atoms with E-state index in [1.807, 2.05) is 12.1 Å². The van der Waals surface area contributed by atoms with Crippen molar-refractivity contribution in [2.45, 2.75) is 30.8 Å². The van der Waals surface area contributed by atoms with E-state index < -0.39 is 11.1 Å². The highest BCUT2D eigenvalue weighted by atomic mass is 19.1. The zero-order valence-corrected chi connectivity index (χ0v) is 12.7. The highest BCUT2D eigenvalue weighted by molar-refractivity contribution is 5.99. The molecule has 118 valence electrons. The van der Waals surface area contributed by atoms with E-state index in [2.05, 4.69) is 5.32 Å². The summed E-state index contributed by atoms with van der Waals surface area (Å²) < 4.78 is 25.7. The van der Waals surface area contributed by atoms with Gasteiger partial charge in [-0.2, -0.15) is 0 Å². The van der Waals surface area contributed by atoms with Crippen LogP contribution in [0, 0.1) is 0 Å². The van der Waals surface area contributed by atoms with Crippen molar-refractivity contribution in [3.05, 3.63) is 46.7 Å². The zero-order chi connectivity index (χ0) is 15.8. The molecule has 0 bridgehead atoms. The Bertz CT molecular complexity index is 824. The van der Waals surface area contributed by atoms with Crippen LogP contribution in [0.3, 0.4) is 0 Å². The Morgan fingerprint density at radius 1 is 1.26 bits per heavy atom. The summed E-state index contributed by atoms with van der Waals surface area (Å²) in [5, 5.41) is 2.89. The maximum atomic E-state index is 14.3. The van der Waals surface area contributed by atoms with Gasteiger partial charge in [0.1, 0.15) is 29.2 Å². The zero-order valence-electron chi connectivity index (χ0n) is 12.7. The van der Waals surface area contributed by atoms with Crippen LogP contribution >= 0.6 is 0 Å². The molecule has 0 saturated carbocycles. The van der Waals surface area contributed by atoms with Crippen LogP contribution in [0.4, 0.5) is 4.39 Å². The summed E-state index contributed by atoms with van der Waals surface area (Å²) in [4.78, 5) is 12.8. The first kappa shape index (κ1) is 13.2. The van der Waals surface area contributed by atoms with Gasteiger partial charge in [-0.15, -0.1) is 0 Å². The Labute approximate surface area is 133 Å². The quantitative estimate of drug-likeness (QED) is 0.799. The number of carbonyl (C=O) groups excluding carboxylic acids is 1. The fraction of sp³-hybridized carbons (Fsp3) is 0.389. The van der Waals surface area contributed by atoms with Crippen molar-refractivity contribution in [1.29, 1.82) is 0 Å². The van der Waals surface area contributed by atoms with Gasteiger partial charge in [0.25, 0.3) is 0 Å². The number of benzene rings is 1. The molecule has 4 nitrogen and oxygen atoms in total. The molecular weight excluding hydrogens is 297 g/mol. The lowest BCUT2D eigenvalue weighted by atomic mass is 9.73. The number of hydrogen-bond donors (Lipinski definition) is 1. The van der Waals surface area contributed by atoms with E-state index in [0.717, 1.165) is 28.9 Å². The Kier molecular flexibility index (Phi) is 2.27. The summed E-state index contributed by atoms with van der Waals surface area (Å²) in [7, 11) is 0. The first-order valence-electron chi connectivity index (χ1n) is 7.86. The van der Waals surface area contributed by atoms with E-state index in [9.17, 15) is 9.18 Å². The molecule has 5 rings (SSSR count). The van der Waals surface area contributed by atoms with Crippen molar-refractivity contribution in [1.82, 2.24) is 5.32 Å². The molecule has 1 aromatic rings. The predicted octanol–water partition coefficient (Wildman–Crippen LogP) is 2.32. The minimum absolute atomic E-state index is 0.123. The van der Waals surface area contributed by atoms with Gasteiger partial charge in [0.15, 0.2) is 0 Å². The fourth-order valence-corrected chi connectivity index (χ4v) is 4.07. The Balaban J connectivity index is 1.69. The predicted molar refractivity (Wildman–Crippen MR) is 81.3 cm³/mol. The number of allylic oxidation sites excluding steroid dienone is 3. The number of rotatable bonds is 0. The number of fused-ring (bicyclic) bond motifs is 4. The summed E-state index contributed by atoms with van der Waals surface area (Å²) in [5.41, 5.74) is 1.22. The summed E-state index contributed by atoms with van der Waals surface area (Å²) >= 11 is 0. The van der Waals surface area contributed by atoms with Crippen LogP contribution < -0.4 is 14.8 Å². The third kappa shape index (κ3) is 1.57. The first-order chi connectivity index (χ1) is 11.0. The van der Waals surface area contributed by atoms with Gasteiger partial charge in [0.2, 0.25) is 5.91 Å². The van der Waals surface area contributed by atoms with Crippen molar-refractivity contribution in [2.75, 3.05) is 13.2 Å². The van der Waals surface area contributed by atoms with Crippen LogP contribution in [0.25, 0.3) is 0 Å². The van der Waals surface area contributed by atoms with E-state index in [-0.39, 0.29) is 18.9 Å². The Hall–Kier alpha value is -2.30. The Morgan fingerprint density at radius 3 is 3.00 bits per heavy atom. The van der Waals surface area contributed by atoms with Gasteiger partial charge >= 0.3 is 0 Å². The van der Waals surface area contributed by atoms with E-state index in [1.165, 1.54) is 6.92 Å². The molecule has 3 heterocycles. The number of hydrogen-bond acceptors (Lipinski definition) is 3. The maximum Gasteiger partial charge on any atom is 0.242 e. The molecule has 5 heteroatoms. The molecule has 1 N–H and O–H groups in total. The molecule has 4 aliphatic rings. The highest BCUT2D eigenvalue weighted by Gasteiger charge is 2.56. The summed E-state index contributed by atoms with van der Waals surface area (Å²) in [5.74, 6) is 1.41. The topological polar surface area (TPSA) is 47.6 Å². The summed E-state index contributed by atoms with van der Waals surface area (Å²) in [6.07, 6.45) is 4.32. The van der Waals surface area contributed by atoms with Gasteiger partial charge < -0.3 is 14.8 Å². The minimum atomic E-state index is -1.42. The lowest BCUT2D eigenvalue weighted by molar-refractivity contribution is -0.123. The molecule has 1 spiro atoms. The average molecular weight is 313 g/mol. The molecule has 0 saturated heterocycles. The smallest absolute Gasteiger partial charge is 0.242 e. The van der Waals surface area contributed by atoms with Crippen LogP contribution in [0.1, 0.15) is 24.5 Å². The molecule has 23 heavy (non-hydrogen) atoms. The van der Waals surface area contributed by atoms with Crippen LogP contribution in [0.2, 0.25) is 0 Å². The first-order valence-corrected chi connectivity index (χ1v) is 7.86. The SMILES string of the molecule is CC1(F)C=CC2=C(C1)NC(=O)C21COc2cc3c(cc21)CCO3. The van der Waals surface area contributed by atoms with E-state index >= 15 is 0 Å². The largest absolute Gasteiger partial charge is 0.493 e. The third-order valence-corrected chi connectivity index (χ3v) is 5.25. The molecule has 1 aliphatic carbocycles. The number of ether oxygens (including phenoxy) is 2. The lowest BCUT2D eigenvalue weighted by Crippen LogP contribution is -2.39. The molecule has 1 aromatic carbocycles. The molecule has 3 aliphatic heterocycles. The molecule has 2 atom stereocenters. The van der Waals surface area contributed by atoms with Gasteiger partial charge in [-0.3, -0.25) is 4.79 Å². The third-order valence-electron chi connectivity index (χ3n) is 5.25. The number of alkyl halides is 1. The number of amides is 1. The number of nitrogens with one attached hydrogen (secondary N) is 1. The number of halogens is 1. The molecule has 0 aromatic heterocycles. The van der Waals surface area contributed by atoms with Crippen molar-refractivity contribution in [3.63, 3.8) is 0 Å². The van der Waals surface area contributed by atoms with Crippen LogP contribution in [-0.4, -0.2) is 24.8 Å². The summed E-state index contributed by atoms with van der Waals surface area (Å²) in [6.45, 7) is 2.43. The Morgan fingerprint density at radius 2 is 2.13 bits per heavy atom. The second kappa shape index (κ2) is 3.96. The number of carbonyl (C=O) groups is 1. The van der Waals surface area contributed by atoms with Crippen LogP contribution in [-0.2, 0) is 16.6 Å². The van der Waals surface area contributed by atoms with Crippen LogP contribution in [0.15, 0.2) is 35.6 Å². The molecule has 2 unspecified atom stereocenters. The van der Waals surface area contributed by atoms with Crippen molar-refractivity contribution in [2.24, 2.45) is 0 Å². The van der Waals surface area contributed by atoms with Gasteiger partial charge in [-0.1, -0.05) is 6.08 Å². The van der Waals surface area contributed by atoms with E-state index in [0.29, 0.717) is 18.1 Å².